The number of rotatable bonds is 7. The molecule has 0 heterocycles. The quantitative estimate of drug-likeness (QED) is 0.810. The Morgan fingerprint density at radius 3 is 2.47 bits per heavy atom. The second-order valence-corrected chi connectivity index (χ2v) is 5.61. The van der Waals surface area contributed by atoms with E-state index in [0.717, 1.165) is 19.4 Å². The van der Waals surface area contributed by atoms with E-state index in [2.05, 4.69) is 42.6 Å². The highest BCUT2D eigenvalue weighted by Crippen LogP contribution is 2.37. The summed E-state index contributed by atoms with van der Waals surface area (Å²) < 4.78 is 5.94. The van der Waals surface area contributed by atoms with Crippen molar-refractivity contribution < 1.29 is 4.74 Å². The van der Waals surface area contributed by atoms with E-state index in [1.165, 1.54) is 31.2 Å². The number of aryl methyl sites for hydroxylation is 1. The lowest BCUT2D eigenvalue weighted by Gasteiger charge is -2.37. The lowest BCUT2D eigenvalue weighted by molar-refractivity contribution is -0.0372. The topological polar surface area (TPSA) is 21.3 Å². The summed E-state index contributed by atoms with van der Waals surface area (Å²) in [5.74, 6) is 0. The van der Waals surface area contributed by atoms with Gasteiger partial charge >= 0.3 is 0 Å². The van der Waals surface area contributed by atoms with Crippen LogP contribution < -0.4 is 5.32 Å². The number of hydrogen-bond acceptors (Lipinski definition) is 2. The third kappa shape index (κ3) is 3.58. The number of ether oxygens (including phenoxy) is 1. The van der Waals surface area contributed by atoms with Crippen LogP contribution in [0.2, 0.25) is 0 Å². The first-order chi connectivity index (χ1) is 9.30. The van der Waals surface area contributed by atoms with Crippen LogP contribution in [0.3, 0.4) is 0 Å². The lowest BCUT2D eigenvalue weighted by Crippen LogP contribution is -2.50. The third-order valence-corrected chi connectivity index (χ3v) is 4.51. The normalized spacial score (nSPS) is 19.5. The first kappa shape index (κ1) is 14.5. The zero-order chi connectivity index (χ0) is 13.6. The van der Waals surface area contributed by atoms with Gasteiger partial charge in [-0.15, -0.1) is 0 Å². The van der Waals surface area contributed by atoms with Crippen LogP contribution >= 0.6 is 0 Å². The Hall–Kier alpha value is -0.860. The van der Waals surface area contributed by atoms with Gasteiger partial charge in [0.1, 0.15) is 0 Å². The molecule has 1 N–H and O–H groups in total. The highest BCUT2D eigenvalue weighted by Gasteiger charge is 2.40. The standard InChI is InChI=1S/C17H27NO/c1-3-18-16(17(19-2)13-7-8-14-17)12-11-15-9-5-4-6-10-15/h4-6,9-10,16,18H,3,7-8,11-14H2,1-2H3. The average Bonchev–Trinajstić information content (AvgIpc) is 2.94. The molecule has 1 saturated carbocycles. The summed E-state index contributed by atoms with van der Waals surface area (Å²) in [6, 6.07) is 11.2. The Morgan fingerprint density at radius 1 is 1.21 bits per heavy atom. The maximum Gasteiger partial charge on any atom is 0.0831 e. The van der Waals surface area contributed by atoms with Crippen molar-refractivity contribution in [3.05, 3.63) is 35.9 Å². The summed E-state index contributed by atoms with van der Waals surface area (Å²) >= 11 is 0. The molecule has 106 valence electrons. The Balaban J connectivity index is 1.99. The van der Waals surface area contributed by atoms with Crippen molar-refractivity contribution in [3.8, 4) is 0 Å². The Labute approximate surface area is 117 Å². The molecule has 0 aliphatic heterocycles. The van der Waals surface area contributed by atoms with Crippen molar-refractivity contribution >= 4 is 0 Å². The first-order valence-electron chi connectivity index (χ1n) is 7.63. The molecule has 1 aliphatic rings. The van der Waals surface area contributed by atoms with Gasteiger partial charge in [-0.3, -0.25) is 0 Å². The molecule has 0 bridgehead atoms. The van der Waals surface area contributed by atoms with Gasteiger partial charge in [0.15, 0.2) is 0 Å². The molecule has 1 aliphatic carbocycles. The van der Waals surface area contributed by atoms with Crippen LogP contribution in [0.1, 0.15) is 44.6 Å². The minimum Gasteiger partial charge on any atom is -0.377 e. The highest BCUT2D eigenvalue weighted by molar-refractivity contribution is 5.15. The van der Waals surface area contributed by atoms with Gasteiger partial charge in [-0.25, -0.2) is 0 Å². The second kappa shape index (κ2) is 7.06. The van der Waals surface area contributed by atoms with E-state index < -0.39 is 0 Å². The maximum atomic E-state index is 5.94. The molecule has 0 amide bonds. The minimum absolute atomic E-state index is 0.0742. The lowest BCUT2D eigenvalue weighted by atomic mass is 9.87. The van der Waals surface area contributed by atoms with E-state index in [1.807, 2.05) is 7.11 Å². The van der Waals surface area contributed by atoms with Crippen molar-refractivity contribution in [3.63, 3.8) is 0 Å². The van der Waals surface area contributed by atoms with Crippen LogP contribution in [0.25, 0.3) is 0 Å². The summed E-state index contributed by atoms with van der Waals surface area (Å²) in [6.07, 6.45) is 7.31. The van der Waals surface area contributed by atoms with Gasteiger partial charge in [-0.2, -0.15) is 0 Å². The fourth-order valence-corrected chi connectivity index (χ4v) is 3.42. The summed E-state index contributed by atoms with van der Waals surface area (Å²) in [5, 5.41) is 3.66. The average molecular weight is 261 g/mol. The van der Waals surface area contributed by atoms with Crippen LogP contribution in [0.5, 0.6) is 0 Å². The van der Waals surface area contributed by atoms with Crippen LogP contribution in [-0.2, 0) is 11.2 Å². The molecule has 1 aromatic carbocycles. The number of benzene rings is 1. The van der Waals surface area contributed by atoms with E-state index in [1.54, 1.807) is 0 Å². The zero-order valence-electron chi connectivity index (χ0n) is 12.3. The van der Waals surface area contributed by atoms with Crippen LogP contribution in [-0.4, -0.2) is 25.3 Å². The van der Waals surface area contributed by atoms with Crippen molar-refractivity contribution in [2.24, 2.45) is 0 Å². The van der Waals surface area contributed by atoms with E-state index in [0.29, 0.717) is 6.04 Å². The molecule has 2 nitrogen and oxygen atoms in total. The largest absolute Gasteiger partial charge is 0.377 e. The molecular weight excluding hydrogens is 234 g/mol. The van der Waals surface area contributed by atoms with Crippen molar-refractivity contribution in [1.82, 2.24) is 5.32 Å². The molecule has 1 atom stereocenters. The molecule has 19 heavy (non-hydrogen) atoms. The summed E-state index contributed by atoms with van der Waals surface area (Å²) in [4.78, 5) is 0. The van der Waals surface area contributed by atoms with E-state index >= 15 is 0 Å². The molecule has 0 radical (unpaired) electrons. The number of methoxy groups -OCH3 is 1. The van der Waals surface area contributed by atoms with Crippen LogP contribution in [0.4, 0.5) is 0 Å². The SMILES string of the molecule is CCNC(CCc1ccccc1)C1(OC)CCCC1. The van der Waals surface area contributed by atoms with E-state index in [4.69, 9.17) is 4.74 Å². The molecular formula is C17H27NO. The minimum atomic E-state index is 0.0742. The molecule has 0 aromatic heterocycles. The van der Waals surface area contributed by atoms with Gasteiger partial charge in [0.2, 0.25) is 0 Å². The van der Waals surface area contributed by atoms with Gasteiger partial charge in [-0.1, -0.05) is 50.1 Å². The maximum absolute atomic E-state index is 5.94. The molecule has 1 aromatic rings. The van der Waals surface area contributed by atoms with Crippen molar-refractivity contribution in [1.29, 1.82) is 0 Å². The second-order valence-electron chi connectivity index (χ2n) is 5.61. The fourth-order valence-electron chi connectivity index (χ4n) is 3.42. The smallest absolute Gasteiger partial charge is 0.0831 e. The van der Waals surface area contributed by atoms with Crippen molar-refractivity contribution in [2.45, 2.75) is 57.1 Å². The highest BCUT2D eigenvalue weighted by atomic mass is 16.5. The van der Waals surface area contributed by atoms with Gasteiger partial charge in [0.25, 0.3) is 0 Å². The number of hydrogen-bond donors (Lipinski definition) is 1. The summed E-state index contributed by atoms with van der Waals surface area (Å²) in [6.45, 7) is 3.21. The predicted octanol–water partition coefficient (Wildman–Crippen LogP) is 3.56. The molecule has 0 saturated heterocycles. The monoisotopic (exact) mass is 261 g/mol. The zero-order valence-corrected chi connectivity index (χ0v) is 12.3. The molecule has 0 spiro atoms. The summed E-state index contributed by atoms with van der Waals surface area (Å²) in [7, 11) is 1.89. The van der Waals surface area contributed by atoms with E-state index in [9.17, 15) is 0 Å². The Bertz CT molecular complexity index is 357. The molecule has 2 rings (SSSR count). The third-order valence-electron chi connectivity index (χ3n) is 4.51. The number of likely N-dealkylation sites (N-methyl/N-ethyl adjacent to an activating group) is 1. The predicted molar refractivity (Wildman–Crippen MR) is 80.4 cm³/mol. The first-order valence-corrected chi connectivity index (χ1v) is 7.63. The van der Waals surface area contributed by atoms with Crippen LogP contribution in [0.15, 0.2) is 30.3 Å². The fraction of sp³-hybridized carbons (Fsp3) is 0.647. The molecule has 2 heteroatoms. The van der Waals surface area contributed by atoms with Gasteiger partial charge in [-0.05, 0) is 37.8 Å². The summed E-state index contributed by atoms with van der Waals surface area (Å²) in [5.41, 5.74) is 1.50. The van der Waals surface area contributed by atoms with Gasteiger partial charge in [0.05, 0.1) is 5.60 Å². The van der Waals surface area contributed by atoms with Gasteiger partial charge < -0.3 is 10.1 Å². The Kier molecular flexibility index (Phi) is 5.41. The molecule has 1 fully saturated rings. The Morgan fingerprint density at radius 2 is 1.89 bits per heavy atom. The van der Waals surface area contributed by atoms with Gasteiger partial charge in [0, 0.05) is 13.2 Å². The van der Waals surface area contributed by atoms with E-state index in [-0.39, 0.29) is 5.60 Å². The van der Waals surface area contributed by atoms with Crippen LogP contribution in [0, 0.1) is 0 Å². The van der Waals surface area contributed by atoms with Crippen molar-refractivity contribution in [2.75, 3.05) is 13.7 Å². The molecule has 1 unspecified atom stereocenters. The number of nitrogens with one attached hydrogen (secondary N) is 1.